The Morgan fingerprint density at radius 3 is 2.22 bits per heavy atom. The van der Waals surface area contributed by atoms with E-state index in [2.05, 4.69) is 10.8 Å². The van der Waals surface area contributed by atoms with Crippen molar-refractivity contribution in [1.82, 2.24) is 4.90 Å². The summed E-state index contributed by atoms with van der Waals surface area (Å²) in [4.78, 5) is 30.0. The summed E-state index contributed by atoms with van der Waals surface area (Å²) >= 11 is 0. The number of hydrogen-bond acceptors (Lipinski definition) is 4. The molecular weight excluding hydrogens is 342 g/mol. The topological polar surface area (TPSA) is 53.1 Å². The van der Waals surface area contributed by atoms with E-state index in [1.807, 2.05) is 45.0 Å². The molecule has 2 heterocycles. The highest BCUT2D eigenvalue weighted by atomic mass is 16.6. The fourth-order valence-electron chi connectivity index (χ4n) is 3.39. The van der Waals surface area contributed by atoms with E-state index in [0.717, 1.165) is 24.5 Å². The van der Waals surface area contributed by atoms with E-state index in [9.17, 15) is 9.59 Å². The molecule has 6 heteroatoms. The number of rotatable bonds is 2. The predicted octanol–water partition coefficient (Wildman–Crippen LogP) is 2.73. The molecule has 144 valence electrons. The van der Waals surface area contributed by atoms with Gasteiger partial charge in [0, 0.05) is 56.4 Å². The highest BCUT2D eigenvalue weighted by Gasteiger charge is 2.30. The van der Waals surface area contributed by atoms with Gasteiger partial charge in [0.25, 0.3) is 0 Å². The van der Waals surface area contributed by atoms with E-state index in [1.165, 1.54) is 0 Å². The molecule has 1 atom stereocenters. The van der Waals surface area contributed by atoms with Gasteiger partial charge < -0.3 is 19.4 Å². The quantitative estimate of drug-likeness (QED) is 0.752. The lowest BCUT2D eigenvalue weighted by Gasteiger charge is -2.36. The first kappa shape index (κ1) is 19.1. The average molecular weight is 369 g/mol. The van der Waals surface area contributed by atoms with Crippen LogP contribution in [-0.4, -0.2) is 55.2 Å². The second-order valence-corrected chi connectivity index (χ2v) is 8.04. The van der Waals surface area contributed by atoms with Crippen LogP contribution in [0.1, 0.15) is 27.2 Å². The molecule has 0 N–H and O–H groups in total. The molecule has 27 heavy (non-hydrogen) atoms. The van der Waals surface area contributed by atoms with Gasteiger partial charge in [-0.05, 0) is 45.0 Å². The van der Waals surface area contributed by atoms with Crippen LogP contribution in [0.3, 0.4) is 0 Å². The Hall–Kier alpha value is -2.68. The van der Waals surface area contributed by atoms with Crippen molar-refractivity contribution in [1.29, 1.82) is 0 Å². The number of terminal acetylenes is 1. The summed E-state index contributed by atoms with van der Waals surface area (Å²) < 4.78 is 5.44. The molecule has 1 aromatic rings. The number of nitrogens with zero attached hydrogens (tertiary/aromatic N) is 3. The maximum Gasteiger partial charge on any atom is 0.410 e. The summed E-state index contributed by atoms with van der Waals surface area (Å²) in [7, 11) is 0. The van der Waals surface area contributed by atoms with E-state index in [-0.39, 0.29) is 17.9 Å². The molecule has 1 aromatic carbocycles. The number of hydrogen-bond donors (Lipinski definition) is 0. The van der Waals surface area contributed by atoms with Gasteiger partial charge in [-0.15, -0.1) is 12.3 Å². The Morgan fingerprint density at radius 2 is 1.70 bits per heavy atom. The van der Waals surface area contributed by atoms with Gasteiger partial charge in [0.2, 0.25) is 5.91 Å². The highest BCUT2D eigenvalue weighted by Crippen LogP contribution is 2.27. The summed E-state index contributed by atoms with van der Waals surface area (Å²) in [5.41, 5.74) is 1.49. The lowest BCUT2D eigenvalue weighted by atomic mass is 10.1. The zero-order valence-corrected chi connectivity index (χ0v) is 16.3. The third-order valence-corrected chi connectivity index (χ3v) is 4.82. The predicted molar refractivity (Wildman–Crippen MR) is 106 cm³/mol. The van der Waals surface area contributed by atoms with Gasteiger partial charge in [-0.25, -0.2) is 4.79 Å². The zero-order valence-electron chi connectivity index (χ0n) is 16.3. The Balaban J connectivity index is 1.57. The number of amides is 2. The van der Waals surface area contributed by atoms with Crippen molar-refractivity contribution in [3.8, 4) is 12.3 Å². The number of piperazine rings is 1. The van der Waals surface area contributed by atoms with Gasteiger partial charge in [-0.1, -0.05) is 0 Å². The summed E-state index contributed by atoms with van der Waals surface area (Å²) in [6.45, 7) is 8.97. The van der Waals surface area contributed by atoms with Crippen LogP contribution < -0.4 is 9.80 Å². The molecule has 0 radical (unpaired) electrons. The van der Waals surface area contributed by atoms with E-state index in [1.54, 1.807) is 9.80 Å². The minimum Gasteiger partial charge on any atom is -0.444 e. The lowest BCUT2D eigenvalue weighted by Crippen LogP contribution is -2.50. The molecule has 6 nitrogen and oxygen atoms in total. The monoisotopic (exact) mass is 369 g/mol. The summed E-state index contributed by atoms with van der Waals surface area (Å²) in [6, 6.07) is 7.97. The average Bonchev–Trinajstić information content (AvgIpc) is 3.01. The normalized spacial score (nSPS) is 20.6. The Bertz CT molecular complexity index is 737. The number of ether oxygens (including phenoxy) is 1. The molecule has 0 bridgehead atoms. The first-order chi connectivity index (χ1) is 12.8. The number of anilines is 2. The van der Waals surface area contributed by atoms with E-state index >= 15 is 0 Å². The molecular formula is C21H27N3O3. The van der Waals surface area contributed by atoms with Gasteiger partial charge in [-0.3, -0.25) is 4.79 Å². The van der Waals surface area contributed by atoms with E-state index in [4.69, 9.17) is 11.2 Å². The third-order valence-electron chi connectivity index (χ3n) is 4.82. The second-order valence-electron chi connectivity index (χ2n) is 8.04. The molecule has 2 aliphatic heterocycles. The zero-order chi connectivity index (χ0) is 19.6. The van der Waals surface area contributed by atoms with Crippen LogP contribution in [0, 0.1) is 18.3 Å². The van der Waals surface area contributed by atoms with Crippen LogP contribution in [0.2, 0.25) is 0 Å². The number of carbonyl (C=O) groups is 2. The SMILES string of the molecule is C#CC1CC(=O)N(c2ccc(N3CCN(C(=O)OC(C)(C)C)CC3)cc2)C1. The van der Waals surface area contributed by atoms with Crippen LogP contribution >= 0.6 is 0 Å². The van der Waals surface area contributed by atoms with Crippen molar-refractivity contribution >= 4 is 23.4 Å². The summed E-state index contributed by atoms with van der Waals surface area (Å²) in [5.74, 6) is 2.75. The maximum atomic E-state index is 12.2. The van der Waals surface area contributed by atoms with Gasteiger partial charge in [-0.2, -0.15) is 0 Å². The molecule has 2 aliphatic rings. The van der Waals surface area contributed by atoms with Crippen molar-refractivity contribution in [3.63, 3.8) is 0 Å². The van der Waals surface area contributed by atoms with Crippen molar-refractivity contribution < 1.29 is 14.3 Å². The number of benzene rings is 1. The minimum atomic E-state index is -0.477. The Morgan fingerprint density at radius 1 is 1.11 bits per heavy atom. The van der Waals surface area contributed by atoms with Gasteiger partial charge >= 0.3 is 6.09 Å². The standard InChI is InChI=1S/C21H27N3O3/c1-5-16-14-19(25)24(15-16)18-8-6-17(7-9-18)22-10-12-23(13-11-22)20(26)27-21(2,3)4/h1,6-9,16H,10-15H2,2-4H3. The minimum absolute atomic E-state index is 0.00175. The fraction of sp³-hybridized carbons (Fsp3) is 0.524. The van der Waals surface area contributed by atoms with Crippen molar-refractivity contribution in [3.05, 3.63) is 24.3 Å². The van der Waals surface area contributed by atoms with Crippen LogP contribution in [0.4, 0.5) is 16.2 Å². The molecule has 2 fully saturated rings. The molecule has 0 aromatic heterocycles. The van der Waals surface area contributed by atoms with Crippen molar-refractivity contribution in [2.45, 2.75) is 32.8 Å². The van der Waals surface area contributed by atoms with Crippen LogP contribution in [0.25, 0.3) is 0 Å². The lowest BCUT2D eigenvalue weighted by molar-refractivity contribution is -0.117. The fourth-order valence-corrected chi connectivity index (χ4v) is 3.39. The smallest absolute Gasteiger partial charge is 0.410 e. The Labute approximate surface area is 161 Å². The molecule has 0 saturated carbocycles. The van der Waals surface area contributed by atoms with Gasteiger partial charge in [0.15, 0.2) is 0 Å². The number of carbonyl (C=O) groups excluding carboxylic acids is 2. The second kappa shape index (κ2) is 7.51. The summed E-state index contributed by atoms with van der Waals surface area (Å²) in [6.07, 6.45) is 5.62. The molecule has 0 aliphatic carbocycles. The van der Waals surface area contributed by atoms with Crippen molar-refractivity contribution in [2.24, 2.45) is 5.92 Å². The van der Waals surface area contributed by atoms with Gasteiger partial charge in [0.1, 0.15) is 5.60 Å². The molecule has 2 amide bonds. The molecule has 0 spiro atoms. The first-order valence-corrected chi connectivity index (χ1v) is 9.36. The van der Waals surface area contributed by atoms with E-state index < -0.39 is 5.60 Å². The third kappa shape index (κ3) is 4.54. The largest absolute Gasteiger partial charge is 0.444 e. The van der Waals surface area contributed by atoms with Crippen LogP contribution in [-0.2, 0) is 9.53 Å². The first-order valence-electron chi connectivity index (χ1n) is 9.36. The summed E-state index contributed by atoms with van der Waals surface area (Å²) in [5, 5.41) is 0. The Kier molecular flexibility index (Phi) is 5.31. The van der Waals surface area contributed by atoms with Gasteiger partial charge in [0.05, 0.1) is 0 Å². The van der Waals surface area contributed by atoms with Crippen molar-refractivity contribution in [2.75, 3.05) is 42.5 Å². The van der Waals surface area contributed by atoms with E-state index in [0.29, 0.717) is 26.1 Å². The van der Waals surface area contributed by atoms with Crippen LogP contribution in [0.15, 0.2) is 24.3 Å². The maximum absolute atomic E-state index is 12.2. The molecule has 3 rings (SSSR count). The molecule has 2 saturated heterocycles. The highest BCUT2D eigenvalue weighted by molar-refractivity contribution is 5.96. The van der Waals surface area contributed by atoms with Crippen LogP contribution in [0.5, 0.6) is 0 Å². The molecule has 1 unspecified atom stereocenters.